The number of fused-ring (bicyclic) bond motifs is 1. The average Bonchev–Trinajstić information content (AvgIpc) is 3.12. The largest absolute Gasteiger partial charge is 0.469 e. The zero-order chi connectivity index (χ0) is 25.1. The second-order valence-corrected chi connectivity index (χ2v) is 22.4. The molecule has 1 heterocycles. The van der Waals surface area contributed by atoms with Crippen LogP contribution in [-0.4, -0.2) is 53.0 Å². The zero-order valence-corrected chi connectivity index (χ0v) is 23.9. The number of carbonyl (C=O) groups excluding carboxylic acids is 2. The minimum absolute atomic E-state index is 0.0292. The Bertz CT molecular complexity index is 994. The fourth-order valence-electron chi connectivity index (χ4n) is 8.49. The lowest BCUT2D eigenvalue weighted by atomic mass is 9.61. The van der Waals surface area contributed by atoms with Gasteiger partial charge in [0.1, 0.15) is 11.0 Å². The van der Waals surface area contributed by atoms with Crippen molar-refractivity contribution in [3.63, 3.8) is 0 Å². The van der Waals surface area contributed by atoms with E-state index in [2.05, 4.69) is 58.0 Å². The lowest BCUT2D eigenvalue weighted by Crippen LogP contribution is -2.53. The molecule has 3 unspecified atom stereocenters. The number of ether oxygens (including phenoxy) is 2. The zero-order valence-electron chi connectivity index (χ0n) is 21.9. The number of hydrogen-bond acceptors (Lipinski definition) is 6. The van der Waals surface area contributed by atoms with Crippen molar-refractivity contribution in [1.82, 2.24) is 0 Å². The molecule has 4 fully saturated rings. The van der Waals surface area contributed by atoms with Gasteiger partial charge in [0.25, 0.3) is 0 Å². The summed E-state index contributed by atoms with van der Waals surface area (Å²) >= 11 is 0. The molecular formula is C26H40O6Si2. The molecule has 0 aromatic carbocycles. The molecule has 0 amide bonds. The van der Waals surface area contributed by atoms with Gasteiger partial charge in [0.05, 0.1) is 24.7 Å². The van der Waals surface area contributed by atoms with E-state index in [1.807, 2.05) is 6.92 Å². The highest BCUT2D eigenvalue weighted by molar-refractivity contribution is 6.70. The first kappa shape index (κ1) is 24.5. The highest BCUT2D eigenvalue weighted by Crippen LogP contribution is 2.78. The molecule has 1 spiro atoms. The van der Waals surface area contributed by atoms with Crippen LogP contribution in [0.3, 0.4) is 0 Å². The molecule has 8 heteroatoms. The van der Waals surface area contributed by atoms with Crippen LogP contribution in [0.1, 0.15) is 32.6 Å². The highest BCUT2D eigenvalue weighted by atomic mass is 28.4. The molecule has 4 bridgehead atoms. The van der Waals surface area contributed by atoms with E-state index in [0.717, 1.165) is 24.8 Å². The minimum Gasteiger partial charge on any atom is -0.469 e. The average molecular weight is 505 g/mol. The van der Waals surface area contributed by atoms with Crippen molar-refractivity contribution in [2.45, 2.75) is 89.2 Å². The number of rotatable bonds is 5. The molecule has 0 aromatic rings. The molecule has 34 heavy (non-hydrogen) atoms. The molecule has 0 N–H and O–H groups in total. The molecule has 0 aromatic heterocycles. The SMILES string of the molecule is C=C1C[C@]23C[C@@]1(O[Si](C)(C)C)CCC2[C@@]12C=C[C@@H](O[Si](C)(C)C)C(C)(C(=O)O1)C2[C@@H]3C(=O)OC. The Balaban J connectivity index is 1.67. The van der Waals surface area contributed by atoms with Crippen molar-refractivity contribution in [2.24, 2.45) is 28.6 Å². The maximum atomic E-state index is 13.7. The molecule has 1 aliphatic heterocycles. The van der Waals surface area contributed by atoms with Crippen LogP contribution in [0.15, 0.2) is 24.3 Å². The van der Waals surface area contributed by atoms with Gasteiger partial charge in [-0.15, -0.1) is 0 Å². The van der Waals surface area contributed by atoms with E-state index < -0.39 is 50.7 Å². The summed E-state index contributed by atoms with van der Waals surface area (Å²) in [6.07, 6.45) is 6.86. The summed E-state index contributed by atoms with van der Waals surface area (Å²) < 4.78 is 25.2. The fraction of sp³-hybridized carbons (Fsp3) is 0.769. The van der Waals surface area contributed by atoms with Crippen LogP contribution in [0.25, 0.3) is 0 Å². The van der Waals surface area contributed by atoms with Crippen molar-refractivity contribution < 1.29 is 27.9 Å². The van der Waals surface area contributed by atoms with Crippen LogP contribution in [0.2, 0.25) is 39.3 Å². The van der Waals surface area contributed by atoms with E-state index in [4.69, 9.17) is 18.3 Å². The molecule has 188 valence electrons. The molecule has 8 atom stereocenters. The van der Waals surface area contributed by atoms with Gasteiger partial charge in [-0.25, -0.2) is 0 Å². The van der Waals surface area contributed by atoms with Crippen molar-refractivity contribution in [3.8, 4) is 0 Å². The number of carbonyl (C=O) groups is 2. The lowest BCUT2D eigenvalue weighted by Gasteiger charge is -2.47. The normalized spacial score (nSPS) is 46.8. The van der Waals surface area contributed by atoms with Gasteiger partial charge in [0.15, 0.2) is 16.6 Å². The van der Waals surface area contributed by atoms with Crippen molar-refractivity contribution >= 4 is 28.6 Å². The Hall–Kier alpha value is -1.23. The molecule has 5 aliphatic rings. The predicted octanol–water partition coefficient (Wildman–Crippen LogP) is 4.83. The van der Waals surface area contributed by atoms with Gasteiger partial charge in [0, 0.05) is 11.8 Å². The standard InChI is InChI=1S/C26H40O6Si2/c1-16-14-24-15-25(16,32-34(7,8)9)12-10-17(24)26-13-11-18(31-33(4,5)6)23(2,22(28)30-26)20(26)19(24)21(27)29-3/h11,13,17-20H,1,10,12,14-15H2,2-9H3/t17?,18-,19-,20?,23?,24+,25+,26-/m1/s1. The molecule has 1 saturated heterocycles. The lowest BCUT2D eigenvalue weighted by molar-refractivity contribution is -0.163. The summed E-state index contributed by atoms with van der Waals surface area (Å²) in [7, 11) is -2.39. The van der Waals surface area contributed by atoms with Crippen LogP contribution < -0.4 is 0 Å². The van der Waals surface area contributed by atoms with Gasteiger partial charge in [-0.2, -0.15) is 0 Å². The quantitative estimate of drug-likeness (QED) is 0.303. The summed E-state index contributed by atoms with van der Waals surface area (Å²) in [6, 6.07) is 0. The van der Waals surface area contributed by atoms with Gasteiger partial charge >= 0.3 is 11.9 Å². The van der Waals surface area contributed by atoms with Gasteiger partial charge < -0.3 is 18.3 Å². The predicted molar refractivity (Wildman–Crippen MR) is 134 cm³/mol. The maximum Gasteiger partial charge on any atom is 0.316 e. The second-order valence-electron chi connectivity index (χ2n) is 13.5. The van der Waals surface area contributed by atoms with Crippen LogP contribution in [0.4, 0.5) is 0 Å². The van der Waals surface area contributed by atoms with E-state index >= 15 is 0 Å². The summed E-state index contributed by atoms with van der Waals surface area (Å²) in [5, 5.41) is 0. The Labute approximate surface area is 205 Å². The summed E-state index contributed by atoms with van der Waals surface area (Å²) in [6.45, 7) is 19.5. The monoisotopic (exact) mass is 504 g/mol. The van der Waals surface area contributed by atoms with E-state index in [9.17, 15) is 9.59 Å². The maximum absolute atomic E-state index is 13.7. The second kappa shape index (κ2) is 6.96. The van der Waals surface area contributed by atoms with Gasteiger partial charge in [-0.05, 0) is 89.0 Å². The van der Waals surface area contributed by atoms with Crippen LogP contribution >= 0.6 is 0 Å². The summed E-state index contributed by atoms with van der Waals surface area (Å²) in [4.78, 5) is 27.3. The molecule has 5 rings (SSSR count). The Kier molecular flexibility index (Phi) is 5.01. The number of esters is 2. The van der Waals surface area contributed by atoms with Gasteiger partial charge in [0.2, 0.25) is 0 Å². The topological polar surface area (TPSA) is 71.1 Å². The Morgan fingerprint density at radius 3 is 2.44 bits per heavy atom. The smallest absolute Gasteiger partial charge is 0.316 e. The first-order valence-corrected chi connectivity index (χ1v) is 19.4. The van der Waals surface area contributed by atoms with Crippen molar-refractivity contribution in [3.05, 3.63) is 24.3 Å². The van der Waals surface area contributed by atoms with E-state index in [1.165, 1.54) is 7.11 Å². The first-order chi connectivity index (χ1) is 15.5. The number of hydrogen-bond donors (Lipinski definition) is 0. The third-order valence-electron chi connectivity index (χ3n) is 9.23. The minimum atomic E-state index is -1.98. The van der Waals surface area contributed by atoms with Crippen LogP contribution in [0.5, 0.6) is 0 Å². The highest BCUT2D eigenvalue weighted by Gasteiger charge is 2.84. The Morgan fingerprint density at radius 2 is 1.85 bits per heavy atom. The third kappa shape index (κ3) is 2.97. The molecule has 0 radical (unpaired) electrons. The fourth-order valence-corrected chi connectivity index (χ4v) is 11.1. The molecule has 6 nitrogen and oxygen atoms in total. The summed E-state index contributed by atoms with van der Waals surface area (Å²) in [5.74, 6) is -1.27. The van der Waals surface area contributed by atoms with E-state index in [-0.39, 0.29) is 23.8 Å². The third-order valence-corrected chi connectivity index (χ3v) is 11.2. The van der Waals surface area contributed by atoms with E-state index in [0.29, 0.717) is 6.42 Å². The molecule has 3 saturated carbocycles. The van der Waals surface area contributed by atoms with E-state index in [1.54, 1.807) is 0 Å². The Morgan fingerprint density at radius 1 is 1.18 bits per heavy atom. The molecule has 4 aliphatic carbocycles. The molecular weight excluding hydrogens is 464 g/mol. The first-order valence-electron chi connectivity index (χ1n) is 12.6. The van der Waals surface area contributed by atoms with Crippen molar-refractivity contribution in [2.75, 3.05) is 7.11 Å². The van der Waals surface area contributed by atoms with Crippen LogP contribution in [-0.2, 0) is 27.9 Å². The van der Waals surface area contributed by atoms with Gasteiger partial charge in [-0.3, -0.25) is 9.59 Å². The summed E-state index contributed by atoms with van der Waals surface area (Å²) in [5.41, 5.74) is -1.45. The van der Waals surface area contributed by atoms with Gasteiger partial charge in [-0.1, -0.05) is 12.7 Å². The number of methoxy groups -OCH3 is 1. The van der Waals surface area contributed by atoms with Crippen LogP contribution in [0, 0.1) is 28.6 Å². The van der Waals surface area contributed by atoms with Crippen molar-refractivity contribution in [1.29, 1.82) is 0 Å².